The lowest BCUT2D eigenvalue weighted by Gasteiger charge is -2.31. The van der Waals surface area contributed by atoms with Crippen molar-refractivity contribution in [3.8, 4) is 5.75 Å². The average Bonchev–Trinajstić information content (AvgIpc) is 2.26. The zero-order valence-electron chi connectivity index (χ0n) is 9.44. The molecule has 0 saturated heterocycles. The predicted octanol–water partition coefficient (Wildman–Crippen LogP) is 1.09. The topological polar surface area (TPSA) is 58.6 Å². The van der Waals surface area contributed by atoms with E-state index in [1.165, 1.54) is 19.2 Å². The Balaban J connectivity index is 2.01. The van der Waals surface area contributed by atoms with Gasteiger partial charge in [0.2, 0.25) is 0 Å². The Labute approximate surface area is 98.4 Å². The van der Waals surface area contributed by atoms with E-state index >= 15 is 0 Å². The molecule has 1 aliphatic carbocycles. The second kappa shape index (κ2) is 4.71. The summed E-state index contributed by atoms with van der Waals surface area (Å²) in [6.45, 7) is 0. The van der Waals surface area contributed by atoms with Gasteiger partial charge in [-0.3, -0.25) is 4.79 Å². The number of hydrogen-bond donors (Lipinski definition) is 2. The fourth-order valence-corrected chi connectivity index (χ4v) is 1.78. The summed E-state index contributed by atoms with van der Waals surface area (Å²) in [4.78, 5) is 11.7. The summed E-state index contributed by atoms with van der Waals surface area (Å²) in [5.41, 5.74) is 0.254. The molecule has 1 fully saturated rings. The van der Waals surface area contributed by atoms with Crippen molar-refractivity contribution in [1.29, 1.82) is 0 Å². The average molecular weight is 239 g/mol. The summed E-state index contributed by atoms with van der Waals surface area (Å²) in [5.74, 6) is -0.780. The number of methoxy groups -OCH3 is 1. The van der Waals surface area contributed by atoms with Gasteiger partial charge in [0.1, 0.15) is 0 Å². The minimum absolute atomic E-state index is 0.0114. The van der Waals surface area contributed by atoms with Crippen molar-refractivity contribution in [2.75, 3.05) is 7.11 Å². The number of aliphatic hydroxyl groups excluding tert-OH is 1. The van der Waals surface area contributed by atoms with E-state index < -0.39 is 5.82 Å². The molecule has 1 amide bonds. The summed E-state index contributed by atoms with van der Waals surface area (Å²) in [5, 5.41) is 11.8. The summed E-state index contributed by atoms with van der Waals surface area (Å²) in [6, 6.07) is 4.05. The number of rotatable bonds is 3. The highest BCUT2D eigenvalue weighted by molar-refractivity contribution is 5.94. The Morgan fingerprint density at radius 2 is 2.24 bits per heavy atom. The Kier molecular flexibility index (Phi) is 3.28. The molecule has 92 valence electrons. The highest BCUT2D eigenvalue weighted by atomic mass is 19.1. The van der Waals surface area contributed by atoms with Gasteiger partial charge in [0.25, 0.3) is 5.91 Å². The molecule has 1 aromatic carbocycles. The highest BCUT2D eigenvalue weighted by Gasteiger charge is 2.28. The number of benzene rings is 1. The number of halogens is 1. The standard InChI is InChI=1S/C12H14FNO3/c1-17-11-3-2-7(4-10(11)13)12(16)14-8-5-9(15)6-8/h2-4,8-9,15H,5-6H2,1H3,(H,14,16). The maximum atomic E-state index is 13.4. The minimum Gasteiger partial charge on any atom is -0.494 e. The van der Waals surface area contributed by atoms with E-state index in [1.807, 2.05) is 0 Å². The maximum absolute atomic E-state index is 13.4. The van der Waals surface area contributed by atoms with E-state index in [2.05, 4.69) is 5.32 Å². The molecule has 0 heterocycles. The molecule has 1 saturated carbocycles. The zero-order chi connectivity index (χ0) is 12.4. The molecule has 2 rings (SSSR count). The third-order valence-corrected chi connectivity index (χ3v) is 2.86. The van der Waals surface area contributed by atoms with Crippen molar-refractivity contribution in [3.63, 3.8) is 0 Å². The van der Waals surface area contributed by atoms with Crippen molar-refractivity contribution in [3.05, 3.63) is 29.6 Å². The van der Waals surface area contributed by atoms with E-state index in [0.717, 1.165) is 6.07 Å². The van der Waals surface area contributed by atoms with Gasteiger partial charge in [-0.2, -0.15) is 0 Å². The van der Waals surface area contributed by atoms with Crippen LogP contribution in [0.25, 0.3) is 0 Å². The maximum Gasteiger partial charge on any atom is 0.251 e. The number of amides is 1. The fraction of sp³-hybridized carbons (Fsp3) is 0.417. The number of carbonyl (C=O) groups is 1. The molecule has 0 aromatic heterocycles. The van der Waals surface area contributed by atoms with Gasteiger partial charge < -0.3 is 15.2 Å². The van der Waals surface area contributed by atoms with Crippen LogP contribution >= 0.6 is 0 Å². The molecule has 0 spiro atoms. The fourth-order valence-electron chi connectivity index (χ4n) is 1.78. The summed E-state index contributed by atoms with van der Waals surface area (Å²) >= 11 is 0. The number of ether oxygens (including phenoxy) is 1. The lowest BCUT2D eigenvalue weighted by molar-refractivity contribution is 0.0562. The van der Waals surface area contributed by atoms with E-state index in [0.29, 0.717) is 12.8 Å². The smallest absolute Gasteiger partial charge is 0.251 e. The van der Waals surface area contributed by atoms with Crippen LogP contribution < -0.4 is 10.1 Å². The zero-order valence-corrected chi connectivity index (χ0v) is 9.44. The Bertz CT molecular complexity index is 430. The quantitative estimate of drug-likeness (QED) is 0.830. The molecule has 2 N–H and O–H groups in total. The van der Waals surface area contributed by atoms with Crippen molar-refractivity contribution in [2.24, 2.45) is 0 Å². The van der Waals surface area contributed by atoms with Crippen LogP contribution in [0, 0.1) is 5.82 Å². The molecule has 0 atom stereocenters. The molecular weight excluding hydrogens is 225 g/mol. The molecule has 1 aliphatic rings. The van der Waals surface area contributed by atoms with Crippen LogP contribution in [0.15, 0.2) is 18.2 Å². The van der Waals surface area contributed by atoms with Gasteiger partial charge in [-0.15, -0.1) is 0 Å². The normalized spacial score (nSPS) is 22.8. The first kappa shape index (κ1) is 11.9. The van der Waals surface area contributed by atoms with Gasteiger partial charge in [0.05, 0.1) is 13.2 Å². The number of aliphatic hydroxyl groups is 1. The van der Waals surface area contributed by atoms with Crippen LogP contribution in [0.1, 0.15) is 23.2 Å². The SMILES string of the molecule is COc1ccc(C(=O)NC2CC(O)C2)cc1F. The first-order valence-corrected chi connectivity index (χ1v) is 5.42. The number of carbonyl (C=O) groups excluding carboxylic acids is 1. The molecule has 4 nitrogen and oxygen atoms in total. The van der Waals surface area contributed by atoms with Crippen LogP contribution in [0.5, 0.6) is 5.75 Å². The predicted molar refractivity (Wildman–Crippen MR) is 59.4 cm³/mol. The van der Waals surface area contributed by atoms with E-state index in [9.17, 15) is 9.18 Å². The lowest BCUT2D eigenvalue weighted by Crippen LogP contribution is -2.46. The molecule has 0 radical (unpaired) electrons. The van der Waals surface area contributed by atoms with Crippen LogP contribution in [-0.2, 0) is 0 Å². The van der Waals surface area contributed by atoms with Gasteiger partial charge in [-0.05, 0) is 31.0 Å². The minimum atomic E-state index is -0.561. The number of nitrogens with one attached hydrogen (secondary N) is 1. The molecule has 1 aromatic rings. The van der Waals surface area contributed by atoms with Crippen LogP contribution in [-0.4, -0.2) is 30.3 Å². The van der Waals surface area contributed by atoms with Gasteiger partial charge in [-0.25, -0.2) is 4.39 Å². The number of hydrogen-bond acceptors (Lipinski definition) is 3. The van der Waals surface area contributed by atoms with Crippen molar-refractivity contribution < 1.29 is 19.0 Å². The monoisotopic (exact) mass is 239 g/mol. The largest absolute Gasteiger partial charge is 0.494 e. The third-order valence-electron chi connectivity index (χ3n) is 2.86. The second-order valence-corrected chi connectivity index (χ2v) is 4.14. The van der Waals surface area contributed by atoms with Gasteiger partial charge in [0.15, 0.2) is 11.6 Å². The van der Waals surface area contributed by atoms with E-state index in [-0.39, 0.29) is 29.4 Å². The molecule has 5 heteroatoms. The summed E-state index contributed by atoms with van der Waals surface area (Å²) < 4.78 is 18.1. The molecular formula is C12H14FNO3. The Morgan fingerprint density at radius 3 is 2.76 bits per heavy atom. The van der Waals surface area contributed by atoms with Crippen molar-refractivity contribution >= 4 is 5.91 Å². The first-order chi connectivity index (χ1) is 8.10. The van der Waals surface area contributed by atoms with Gasteiger partial charge >= 0.3 is 0 Å². The van der Waals surface area contributed by atoms with E-state index in [1.54, 1.807) is 0 Å². The summed E-state index contributed by atoms with van der Waals surface area (Å²) in [6.07, 6.45) is 0.794. The molecule has 0 bridgehead atoms. The van der Waals surface area contributed by atoms with Crippen molar-refractivity contribution in [1.82, 2.24) is 5.32 Å². The molecule has 0 aliphatic heterocycles. The second-order valence-electron chi connectivity index (χ2n) is 4.14. The van der Waals surface area contributed by atoms with Crippen LogP contribution in [0.3, 0.4) is 0 Å². The Morgan fingerprint density at radius 1 is 1.53 bits per heavy atom. The van der Waals surface area contributed by atoms with Crippen molar-refractivity contribution in [2.45, 2.75) is 25.0 Å². The third kappa shape index (κ3) is 2.55. The summed E-state index contributed by atoms with van der Waals surface area (Å²) in [7, 11) is 1.37. The van der Waals surface area contributed by atoms with Crippen LogP contribution in [0.4, 0.5) is 4.39 Å². The van der Waals surface area contributed by atoms with E-state index in [4.69, 9.17) is 9.84 Å². The molecule has 17 heavy (non-hydrogen) atoms. The lowest BCUT2D eigenvalue weighted by atomic mass is 9.89. The Hall–Kier alpha value is -1.62. The first-order valence-electron chi connectivity index (χ1n) is 5.42. The molecule has 0 unspecified atom stereocenters. The highest BCUT2D eigenvalue weighted by Crippen LogP contribution is 2.21. The van der Waals surface area contributed by atoms with Gasteiger partial charge in [0, 0.05) is 11.6 Å². The van der Waals surface area contributed by atoms with Gasteiger partial charge in [-0.1, -0.05) is 0 Å². The van der Waals surface area contributed by atoms with Crippen LogP contribution in [0.2, 0.25) is 0 Å².